The Labute approximate surface area is 215 Å². The van der Waals surface area contributed by atoms with Gasteiger partial charge in [0.2, 0.25) is 27.8 Å². The van der Waals surface area contributed by atoms with Crippen molar-refractivity contribution in [2.75, 3.05) is 0 Å². The van der Waals surface area contributed by atoms with Gasteiger partial charge >= 0.3 is 5.92 Å². The molecule has 36 heavy (non-hydrogen) atoms. The monoisotopic (exact) mass is 509 g/mol. The summed E-state index contributed by atoms with van der Waals surface area (Å²) in [5, 5.41) is 0.285. The zero-order valence-corrected chi connectivity index (χ0v) is 21.1. The molecule has 1 saturated heterocycles. The topological polar surface area (TPSA) is 78.0 Å². The van der Waals surface area contributed by atoms with Crippen LogP contribution in [0.4, 0.5) is 8.78 Å². The minimum absolute atomic E-state index is 0.149. The van der Waals surface area contributed by atoms with Gasteiger partial charge in [-0.1, -0.05) is 35.9 Å². The lowest BCUT2D eigenvalue weighted by Gasteiger charge is -2.38. The molecule has 0 bridgehead atoms. The lowest BCUT2D eigenvalue weighted by molar-refractivity contribution is -0.154. The van der Waals surface area contributed by atoms with E-state index in [4.69, 9.17) is 11.6 Å². The van der Waals surface area contributed by atoms with Gasteiger partial charge in [-0.2, -0.15) is 8.78 Å². The van der Waals surface area contributed by atoms with Crippen LogP contribution in [0.5, 0.6) is 0 Å². The molecule has 14 heteroatoms. The van der Waals surface area contributed by atoms with Gasteiger partial charge in [-0.25, -0.2) is 0 Å². The van der Waals surface area contributed by atoms with Gasteiger partial charge in [-0.3, -0.25) is 19.2 Å². The van der Waals surface area contributed by atoms with Gasteiger partial charge in [0.15, 0.2) is 0 Å². The van der Waals surface area contributed by atoms with Crippen molar-refractivity contribution in [1.82, 2.24) is 14.5 Å². The van der Waals surface area contributed by atoms with Crippen LogP contribution in [0.3, 0.4) is 0 Å². The first kappa shape index (κ1) is 26.0. The number of hydrogen-bond donors (Lipinski definition) is 0. The standard InChI is InChI=1S/C22H22B4ClF2N3O4/c23-15-8-16(33)31(25)20(35)17(15)30-9-11-7-10(1-6-14(11)19(30)34)18(24)32(26)21(36)22(28,29)12-2-4-13(27)5-3-12/h1-7,15,17-18H,8-9,23-26H2. The van der Waals surface area contributed by atoms with E-state index in [0.29, 0.717) is 16.7 Å². The van der Waals surface area contributed by atoms with Gasteiger partial charge in [-0.15, -0.1) is 0 Å². The van der Waals surface area contributed by atoms with E-state index in [2.05, 4.69) is 0 Å². The zero-order valence-electron chi connectivity index (χ0n) is 20.3. The molecule has 0 saturated carbocycles. The third-order valence-electron chi connectivity index (χ3n) is 7.15. The van der Waals surface area contributed by atoms with Crippen LogP contribution in [0.15, 0.2) is 42.5 Å². The van der Waals surface area contributed by atoms with Crippen LogP contribution in [0.25, 0.3) is 0 Å². The van der Waals surface area contributed by atoms with Crippen molar-refractivity contribution in [3.05, 3.63) is 69.7 Å². The second kappa shape index (κ2) is 9.42. The molecule has 4 amide bonds. The Morgan fingerprint density at radius 2 is 1.78 bits per heavy atom. The molecule has 2 aliphatic heterocycles. The highest BCUT2D eigenvalue weighted by Crippen LogP contribution is 2.36. The fraction of sp³-hybridized carbons (Fsp3) is 0.273. The summed E-state index contributed by atoms with van der Waals surface area (Å²) >= 11 is 5.78. The summed E-state index contributed by atoms with van der Waals surface area (Å²) in [5.41, 5.74) is 1.16. The summed E-state index contributed by atoms with van der Waals surface area (Å²) in [5.74, 6) is -7.21. The van der Waals surface area contributed by atoms with Gasteiger partial charge in [-0.05, 0) is 35.1 Å². The molecule has 3 unspecified atom stereocenters. The molecule has 2 aliphatic rings. The highest BCUT2D eigenvalue weighted by Gasteiger charge is 2.46. The second-order valence-electron chi connectivity index (χ2n) is 9.44. The van der Waals surface area contributed by atoms with Crippen molar-refractivity contribution in [3.8, 4) is 0 Å². The van der Waals surface area contributed by atoms with Crippen LogP contribution in [0, 0.1) is 0 Å². The Morgan fingerprint density at radius 1 is 1.14 bits per heavy atom. The normalized spacial score (nSPS) is 20.9. The van der Waals surface area contributed by atoms with Crippen LogP contribution in [0.1, 0.15) is 39.4 Å². The summed E-state index contributed by atoms with van der Waals surface area (Å²) in [4.78, 5) is 54.1. The molecule has 4 rings (SSSR count). The Bertz CT molecular complexity index is 1270. The quantitative estimate of drug-likeness (QED) is 0.391. The van der Waals surface area contributed by atoms with Gasteiger partial charge in [0.1, 0.15) is 21.7 Å². The fourth-order valence-corrected chi connectivity index (χ4v) is 4.91. The lowest BCUT2D eigenvalue weighted by Crippen LogP contribution is -2.56. The number of fused-ring (bicyclic) bond motifs is 1. The third-order valence-corrected chi connectivity index (χ3v) is 7.40. The number of hydrogen-bond acceptors (Lipinski definition) is 4. The van der Waals surface area contributed by atoms with Gasteiger partial charge in [0.25, 0.3) is 11.8 Å². The van der Waals surface area contributed by atoms with Gasteiger partial charge in [0.05, 0.1) is 0 Å². The van der Waals surface area contributed by atoms with Crippen molar-refractivity contribution in [3.63, 3.8) is 0 Å². The summed E-state index contributed by atoms with van der Waals surface area (Å²) in [6, 6.07) is 8.99. The van der Waals surface area contributed by atoms with Gasteiger partial charge < -0.3 is 14.5 Å². The van der Waals surface area contributed by atoms with E-state index in [1.54, 1.807) is 33.9 Å². The molecule has 0 spiro atoms. The number of benzene rings is 2. The first-order valence-electron chi connectivity index (χ1n) is 11.5. The maximum atomic E-state index is 14.9. The molecular formula is C22H22B4ClF2N3O4. The Balaban J connectivity index is 1.55. The molecule has 0 N–H and O–H groups in total. The number of carbonyl (C=O) groups excluding carboxylic acids is 4. The molecule has 0 radical (unpaired) electrons. The largest absolute Gasteiger partial charge is 0.389 e. The van der Waals surface area contributed by atoms with Crippen molar-refractivity contribution < 1.29 is 28.0 Å². The SMILES string of the molecule is BC1CC(=O)N(B)C(=O)C1N1Cc2cc(C(B)N(B)C(=O)C(F)(F)c3ccc(Cl)cc3)ccc2C1=O. The maximum absolute atomic E-state index is 14.9. The van der Waals surface area contributed by atoms with Crippen LogP contribution in [-0.4, -0.2) is 75.8 Å². The molecule has 1 fully saturated rings. The number of piperidine rings is 1. The minimum atomic E-state index is -3.75. The summed E-state index contributed by atoms with van der Waals surface area (Å²) < 4.78 is 29.8. The zero-order chi connectivity index (χ0) is 26.5. The van der Waals surface area contributed by atoms with Crippen molar-refractivity contribution in [2.24, 2.45) is 0 Å². The van der Waals surface area contributed by atoms with E-state index < -0.39 is 35.3 Å². The summed E-state index contributed by atoms with van der Waals surface area (Å²) in [7, 11) is 6.10. The molecule has 182 valence electrons. The number of rotatable bonds is 5. The van der Waals surface area contributed by atoms with E-state index in [1.165, 1.54) is 33.0 Å². The predicted octanol–water partition coefficient (Wildman–Crippen LogP) is -0.807. The van der Waals surface area contributed by atoms with E-state index in [9.17, 15) is 28.0 Å². The van der Waals surface area contributed by atoms with E-state index in [0.717, 1.165) is 21.8 Å². The van der Waals surface area contributed by atoms with Crippen LogP contribution in [-0.2, 0) is 26.9 Å². The fourth-order valence-electron chi connectivity index (χ4n) is 4.78. The number of imide groups is 1. The Kier molecular flexibility index (Phi) is 6.81. The first-order valence-corrected chi connectivity index (χ1v) is 11.9. The molecule has 2 aromatic rings. The Morgan fingerprint density at radius 3 is 2.42 bits per heavy atom. The number of carbonyl (C=O) groups is 4. The first-order chi connectivity index (χ1) is 16.8. The van der Waals surface area contributed by atoms with Crippen LogP contribution >= 0.6 is 11.6 Å². The van der Waals surface area contributed by atoms with Crippen LogP contribution in [0.2, 0.25) is 10.8 Å². The highest BCUT2D eigenvalue weighted by atomic mass is 35.5. The van der Waals surface area contributed by atoms with Crippen molar-refractivity contribution in [2.45, 2.75) is 36.7 Å². The van der Waals surface area contributed by atoms with Crippen molar-refractivity contribution >= 4 is 66.9 Å². The van der Waals surface area contributed by atoms with E-state index in [-0.39, 0.29) is 35.6 Å². The molecular weight excluding hydrogens is 487 g/mol. The number of amides is 4. The number of alkyl halides is 2. The second-order valence-corrected chi connectivity index (χ2v) is 9.88. The van der Waals surface area contributed by atoms with E-state index >= 15 is 0 Å². The summed E-state index contributed by atoms with van der Waals surface area (Å²) in [6.45, 7) is 0.149. The predicted molar refractivity (Wildman–Crippen MR) is 139 cm³/mol. The average molecular weight is 509 g/mol. The highest BCUT2D eigenvalue weighted by molar-refractivity contribution is 6.31. The summed E-state index contributed by atoms with van der Waals surface area (Å²) in [6.07, 6.45) is 0.157. The molecule has 2 aromatic carbocycles. The van der Waals surface area contributed by atoms with Crippen molar-refractivity contribution in [1.29, 1.82) is 0 Å². The smallest absolute Gasteiger partial charge is 0.348 e. The third kappa shape index (κ3) is 4.34. The molecule has 2 heterocycles. The molecule has 7 nitrogen and oxygen atoms in total. The maximum Gasteiger partial charge on any atom is 0.348 e. The minimum Gasteiger partial charge on any atom is -0.389 e. The average Bonchev–Trinajstić information content (AvgIpc) is 3.16. The molecule has 0 aromatic heterocycles. The van der Waals surface area contributed by atoms with Gasteiger partial charge in [0, 0.05) is 35.1 Å². The Hall–Kier alpha value is -3.07. The molecule has 3 atom stereocenters. The van der Waals surface area contributed by atoms with E-state index in [1.807, 2.05) is 0 Å². The number of nitrogens with zero attached hydrogens (tertiary/aromatic N) is 3. The van der Waals surface area contributed by atoms with Crippen LogP contribution < -0.4 is 0 Å². The molecule has 0 aliphatic carbocycles. The lowest BCUT2D eigenvalue weighted by atomic mass is 9.73. The number of halogens is 3.